The molecule has 130 valence electrons. The van der Waals surface area contributed by atoms with Gasteiger partial charge in [0.1, 0.15) is 10.7 Å². The minimum absolute atomic E-state index is 0.0621. The zero-order valence-electron chi connectivity index (χ0n) is 12.4. The third-order valence-corrected chi connectivity index (χ3v) is 4.39. The summed E-state index contributed by atoms with van der Waals surface area (Å²) < 4.78 is 89.4. The first kappa shape index (κ1) is 17.9. The minimum Gasteiger partial charge on any atom is -0.493 e. The van der Waals surface area contributed by atoms with Crippen molar-refractivity contribution < 1.29 is 35.5 Å². The van der Waals surface area contributed by atoms with Crippen molar-refractivity contribution >= 4 is 15.7 Å². The molecule has 2 rings (SSSR count). The van der Waals surface area contributed by atoms with Crippen molar-refractivity contribution in [2.24, 2.45) is 0 Å². The van der Waals surface area contributed by atoms with Gasteiger partial charge in [-0.05, 0) is 12.1 Å². The van der Waals surface area contributed by atoms with E-state index < -0.39 is 43.9 Å². The van der Waals surface area contributed by atoms with E-state index in [2.05, 4.69) is 0 Å². The Labute approximate surface area is 134 Å². The van der Waals surface area contributed by atoms with E-state index in [1.54, 1.807) is 4.72 Å². The molecule has 1 N–H and O–H groups in total. The smallest absolute Gasteiger partial charge is 0.265 e. The number of anilines is 1. The van der Waals surface area contributed by atoms with E-state index in [-0.39, 0.29) is 11.5 Å². The maximum Gasteiger partial charge on any atom is 0.265 e. The Hall–Kier alpha value is -2.49. The first-order valence-electron chi connectivity index (χ1n) is 6.29. The summed E-state index contributed by atoms with van der Waals surface area (Å²) in [5.41, 5.74) is -0.872. The first-order chi connectivity index (χ1) is 11.2. The largest absolute Gasteiger partial charge is 0.493 e. The van der Waals surface area contributed by atoms with Gasteiger partial charge in [-0.15, -0.1) is 0 Å². The van der Waals surface area contributed by atoms with Gasteiger partial charge in [-0.25, -0.2) is 26.0 Å². The van der Waals surface area contributed by atoms with Crippen LogP contribution in [0.3, 0.4) is 0 Å². The number of benzene rings is 2. The van der Waals surface area contributed by atoms with Crippen molar-refractivity contribution in [1.82, 2.24) is 0 Å². The Morgan fingerprint density at radius 3 is 2.04 bits per heavy atom. The number of sulfonamides is 1. The highest BCUT2D eigenvalue weighted by Crippen LogP contribution is 2.33. The lowest BCUT2D eigenvalue weighted by Gasteiger charge is -2.13. The average molecular weight is 365 g/mol. The molecule has 0 bridgehead atoms. The molecule has 5 nitrogen and oxygen atoms in total. The molecule has 0 amide bonds. The van der Waals surface area contributed by atoms with Gasteiger partial charge >= 0.3 is 0 Å². The Balaban J connectivity index is 2.50. The first-order valence-corrected chi connectivity index (χ1v) is 7.77. The van der Waals surface area contributed by atoms with E-state index in [1.807, 2.05) is 0 Å². The fourth-order valence-corrected chi connectivity index (χ4v) is 2.98. The second-order valence-electron chi connectivity index (χ2n) is 4.47. The summed E-state index contributed by atoms with van der Waals surface area (Å²) in [6, 6.07) is 2.77. The van der Waals surface area contributed by atoms with E-state index in [1.165, 1.54) is 14.2 Å². The molecule has 2 aromatic rings. The normalized spacial score (nSPS) is 11.2. The number of hydrogen-bond donors (Lipinski definition) is 1. The number of methoxy groups -OCH3 is 2. The molecule has 0 spiro atoms. The molecule has 0 aliphatic rings. The highest BCUT2D eigenvalue weighted by molar-refractivity contribution is 7.92. The molecule has 0 heterocycles. The average Bonchev–Trinajstić information content (AvgIpc) is 2.54. The molecule has 0 aliphatic heterocycles. The van der Waals surface area contributed by atoms with Gasteiger partial charge in [0.25, 0.3) is 10.0 Å². The van der Waals surface area contributed by atoms with Gasteiger partial charge in [0.05, 0.1) is 19.9 Å². The maximum absolute atomic E-state index is 14.0. The molecule has 0 saturated heterocycles. The van der Waals surface area contributed by atoms with Gasteiger partial charge in [-0.2, -0.15) is 0 Å². The Morgan fingerprint density at radius 2 is 1.46 bits per heavy atom. The molecule has 10 heteroatoms. The number of hydrogen-bond acceptors (Lipinski definition) is 4. The van der Waals surface area contributed by atoms with Crippen molar-refractivity contribution in [1.29, 1.82) is 0 Å². The van der Waals surface area contributed by atoms with Crippen LogP contribution in [0.1, 0.15) is 0 Å². The topological polar surface area (TPSA) is 64.6 Å². The van der Waals surface area contributed by atoms with Crippen LogP contribution in [0.15, 0.2) is 29.2 Å². The van der Waals surface area contributed by atoms with Crippen molar-refractivity contribution in [3.05, 3.63) is 47.5 Å². The SMILES string of the molecule is COc1cc(F)c(S(=O)(=O)Nc2ccc(F)c(F)c2F)cc1OC. The number of halogens is 4. The third-order valence-electron chi connectivity index (χ3n) is 3.01. The van der Waals surface area contributed by atoms with Crippen molar-refractivity contribution in [3.63, 3.8) is 0 Å². The third kappa shape index (κ3) is 3.23. The lowest BCUT2D eigenvalue weighted by molar-refractivity contribution is 0.350. The van der Waals surface area contributed by atoms with Crippen molar-refractivity contribution in [2.45, 2.75) is 4.90 Å². The monoisotopic (exact) mass is 365 g/mol. The van der Waals surface area contributed by atoms with E-state index in [4.69, 9.17) is 9.47 Å². The van der Waals surface area contributed by atoms with Crippen LogP contribution in [0.5, 0.6) is 11.5 Å². The van der Waals surface area contributed by atoms with Crippen LogP contribution in [0.25, 0.3) is 0 Å². The molecule has 0 fully saturated rings. The van der Waals surface area contributed by atoms with Gasteiger partial charge in [0.2, 0.25) is 0 Å². The lowest BCUT2D eigenvalue weighted by Crippen LogP contribution is -2.16. The molecule has 0 aliphatic carbocycles. The summed E-state index contributed by atoms with van der Waals surface area (Å²) in [7, 11) is -2.22. The summed E-state index contributed by atoms with van der Waals surface area (Å²) in [6.07, 6.45) is 0. The molecule has 0 radical (unpaired) electrons. The molecule has 0 unspecified atom stereocenters. The number of nitrogens with one attached hydrogen (secondary N) is 1. The van der Waals surface area contributed by atoms with Gasteiger partial charge in [-0.1, -0.05) is 0 Å². The van der Waals surface area contributed by atoms with Crippen LogP contribution >= 0.6 is 0 Å². The number of rotatable bonds is 5. The van der Waals surface area contributed by atoms with Gasteiger partial charge in [-0.3, -0.25) is 4.72 Å². The van der Waals surface area contributed by atoms with Crippen LogP contribution in [0, 0.1) is 23.3 Å². The van der Waals surface area contributed by atoms with Crippen molar-refractivity contribution in [3.8, 4) is 11.5 Å². The van der Waals surface area contributed by atoms with Crippen LogP contribution in [-0.2, 0) is 10.0 Å². The molecule has 0 saturated carbocycles. The van der Waals surface area contributed by atoms with Crippen LogP contribution in [0.2, 0.25) is 0 Å². The predicted octanol–water partition coefficient (Wildman–Crippen LogP) is 3.06. The lowest BCUT2D eigenvalue weighted by atomic mass is 10.3. The fraction of sp³-hybridized carbons (Fsp3) is 0.143. The van der Waals surface area contributed by atoms with Gasteiger partial charge < -0.3 is 9.47 Å². The van der Waals surface area contributed by atoms with Gasteiger partial charge in [0, 0.05) is 12.1 Å². The molecule has 0 atom stereocenters. The predicted molar refractivity (Wildman–Crippen MR) is 76.6 cm³/mol. The zero-order valence-corrected chi connectivity index (χ0v) is 13.2. The molecular formula is C14H11F4NO4S. The summed E-state index contributed by atoms with van der Waals surface area (Å²) in [4.78, 5) is -0.885. The summed E-state index contributed by atoms with van der Waals surface area (Å²) in [5, 5.41) is 0. The van der Waals surface area contributed by atoms with Crippen LogP contribution in [0.4, 0.5) is 23.2 Å². The van der Waals surface area contributed by atoms with E-state index in [0.29, 0.717) is 12.1 Å². The van der Waals surface area contributed by atoms with E-state index >= 15 is 0 Å². The zero-order chi connectivity index (χ0) is 18.1. The van der Waals surface area contributed by atoms with E-state index in [9.17, 15) is 26.0 Å². The van der Waals surface area contributed by atoms with Crippen LogP contribution < -0.4 is 14.2 Å². The Bertz CT molecular complexity index is 887. The quantitative estimate of drug-likeness (QED) is 0.653. The number of ether oxygens (including phenoxy) is 2. The molecular weight excluding hydrogens is 354 g/mol. The highest BCUT2D eigenvalue weighted by Gasteiger charge is 2.25. The molecule has 2 aromatic carbocycles. The summed E-state index contributed by atoms with van der Waals surface area (Å²) >= 11 is 0. The Morgan fingerprint density at radius 1 is 0.875 bits per heavy atom. The highest BCUT2D eigenvalue weighted by atomic mass is 32.2. The molecule has 24 heavy (non-hydrogen) atoms. The second-order valence-corrected chi connectivity index (χ2v) is 6.12. The Kier molecular flexibility index (Phi) is 4.88. The van der Waals surface area contributed by atoms with Crippen molar-refractivity contribution in [2.75, 3.05) is 18.9 Å². The maximum atomic E-state index is 14.0. The summed E-state index contributed by atoms with van der Waals surface area (Å²) in [5.74, 6) is -6.46. The fourth-order valence-electron chi connectivity index (χ4n) is 1.85. The summed E-state index contributed by atoms with van der Waals surface area (Å²) in [6.45, 7) is 0. The standard InChI is InChI=1S/C14H11F4NO4S/c1-22-10-5-8(16)12(6-11(10)23-2)24(20,21)19-9-4-3-7(15)13(17)14(9)18/h3-6,19H,1-2H3. The van der Waals surface area contributed by atoms with E-state index in [0.717, 1.165) is 12.1 Å². The minimum atomic E-state index is -4.64. The van der Waals surface area contributed by atoms with Crippen LogP contribution in [-0.4, -0.2) is 22.6 Å². The second kappa shape index (κ2) is 6.56. The molecule has 0 aromatic heterocycles. The van der Waals surface area contributed by atoms with Gasteiger partial charge in [0.15, 0.2) is 29.0 Å².